The second-order valence-electron chi connectivity index (χ2n) is 7.73. The van der Waals surface area contributed by atoms with Crippen LogP contribution in [0, 0.1) is 5.92 Å². The first-order valence-corrected chi connectivity index (χ1v) is 10.6. The van der Waals surface area contributed by atoms with Crippen molar-refractivity contribution in [2.24, 2.45) is 5.92 Å². The summed E-state index contributed by atoms with van der Waals surface area (Å²) in [4.78, 5) is 45.1. The van der Waals surface area contributed by atoms with Crippen LogP contribution in [0.1, 0.15) is 36.9 Å². The third kappa shape index (κ3) is 7.16. The number of imide groups is 1. The van der Waals surface area contributed by atoms with Gasteiger partial charge in [-0.1, -0.05) is 12.1 Å². The zero-order chi connectivity index (χ0) is 22.1. The van der Waals surface area contributed by atoms with Crippen LogP contribution in [-0.4, -0.2) is 52.8 Å². The topological polar surface area (TPSA) is 101 Å². The van der Waals surface area contributed by atoms with Crippen LogP contribution in [0.25, 0.3) is 0 Å². The van der Waals surface area contributed by atoms with Crippen LogP contribution in [0.2, 0.25) is 0 Å². The lowest BCUT2D eigenvalue weighted by Gasteiger charge is -2.17. The van der Waals surface area contributed by atoms with E-state index in [4.69, 9.17) is 4.74 Å². The Balaban J connectivity index is 1.31. The molecule has 8 heteroatoms. The lowest BCUT2D eigenvalue weighted by Crippen LogP contribution is -2.30. The molecule has 8 nitrogen and oxygen atoms in total. The van der Waals surface area contributed by atoms with Crippen LogP contribution in [-0.2, 0) is 27.2 Å². The molecule has 1 aromatic carbocycles. The number of benzene rings is 1. The molecular formula is C23H28N4O4. The summed E-state index contributed by atoms with van der Waals surface area (Å²) < 4.78 is 5.73. The van der Waals surface area contributed by atoms with E-state index < -0.39 is 0 Å². The summed E-state index contributed by atoms with van der Waals surface area (Å²) in [6.07, 6.45) is 8.91. The van der Waals surface area contributed by atoms with Gasteiger partial charge < -0.3 is 9.64 Å². The molecule has 2 heterocycles. The van der Waals surface area contributed by atoms with Gasteiger partial charge in [-0.3, -0.25) is 29.7 Å². The number of carbonyl (C=O) groups is 3. The van der Waals surface area contributed by atoms with E-state index in [0.29, 0.717) is 31.7 Å². The number of hydrogen-bond donors (Lipinski definition) is 1. The standard InChI is InChI=1S/C23H28N4O4/c1-27(22(29)5-3-2-4-19-16-24-10-11-25-19)12-13-31-20-8-6-17(7-9-20)14-18-15-21(28)26-23(18)30/h6-11,16,18H,2-5,12-15H2,1H3,(H,26,28,30). The zero-order valence-corrected chi connectivity index (χ0v) is 17.8. The molecule has 3 rings (SSSR count). The summed E-state index contributed by atoms with van der Waals surface area (Å²) >= 11 is 0. The molecule has 1 aliphatic rings. The Labute approximate surface area is 182 Å². The van der Waals surface area contributed by atoms with E-state index in [1.165, 1.54) is 0 Å². The molecule has 0 bridgehead atoms. The average molecular weight is 425 g/mol. The van der Waals surface area contributed by atoms with Gasteiger partial charge in [0.1, 0.15) is 12.4 Å². The molecule has 0 spiro atoms. The largest absolute Gasteiger partial charge is 0.492 e. The van der Waals surface area contributed by atoms with Crippen LogP contribution < -0.4 is 10.1 Å². The van der Waals surface area contributed by atoms with Gasteiger partial charge in [-0.25, -0.2) is 0 Å². The Morgan fingerprint density at radius 2 is 2.00 bits per heavy atom. The van der Waals surface area contributed by atoms with E-state index in [1.807, 2.05) is 24.3 Å². The molecule has 1 N–H and O–H groups in total. The van der Waals surface area contributed by atoms with Gasteiger partial charge in [0.25, 0.3) is 0 Å². The number of carbonyl (C=O) groups excluding carboxylic acids is 3. The number of amides is 3. The molecule has 1 unspecified atom stereocenters. The molecule has 31 heavy (non-hydrogen) atoms. The highest BCUT2D eigenvalue weighted by Crippen LogP contribution is 2.19. The van der Waals surface area contributed by atoms with Crippen molar-refractivity contribution in [3.8, 4) is 5.75 Å². The van der Waals surface area contributed by atoms with Gasteiger partial charge in [0.05, 0.1) is 18.2 Å². The van der Waals surface area contributed by atoms with E-state index in [0.717, 1.165) is 30.5 Å². The summed E-state index contributed by atoms with van der Waals surface area (Å²) in [5.41, 5.74) is 1.93. The number of likely N-dealkylation sites (N-methyl/N-ethyl adjacent to an activating group) is 1. The first-order chi connectivity index (χ1) is 15.0. The lowest BCUT2D eigenvalue weighted by atomic mass is 9.98. The van der Waals surface area contributed by atoms with Gasteiger partial charge in [0.2, 0.25) is 17.7 Å². The number of ether oxygens (including phenoxy) is 1. The quantitative estimate of drug-likeness (QED) is 0.437. The average Bonchev–Trinajstić information content (AvgIpc) is 3.09. The fourth-order valence-electron chi connectivity index (χ4n) is 3.44. The Bertz CT molecular complexity index is 886. The molecule has 1 fully saturated rings. The first-order valence-electron chi connectivity index (χ1n) is 10.6. The van der Waals surface area contributed by atoms with Crippen LogP contribution in [0.5, 0.6) is 5.75 Å². The summed E-state index contributed by atoms with van der Waals surface area (Å²) in [5.74, 6) is 0.105. The number of nitrogens with one attached hydrogen (secondary N) is 1. The maximum Gasteiger partial charge on any atom is 0.230 e. The number of aryl methyl sites for hydroxylation is 1. The highest BCUT2D eigenvalue weighted by molar-refractivity contribution is 6.03. The molecule has 1 atom stereocenters. The maximum atomic E-state index is 12.2. The smallest absolute Gasteiger partial charge is 0.230 e. The molecule has 1 saturated heterocycles. The van der Waals surface area contributed by atoms with Crippen molar-refractivity contribution in [2.75, 3.05) is 20.2 Å². The molecule has 2 aromatic rings. The third-order valence-electron chi connectivity index (χ3n) is 5.28. The molecule has 164 valence electrons. The van der Waals surface area contributed by atoms with Crippen molar-refractivity contribution < 1.29 is 19.1 Å². The Morgan fingerprint density at radius 1 is 1.19 bits per heavy atom. The van der Waals surface area contributed by atoms with Gasteiger partial charge in [-0.15, -0.1) is 0 Å². The molecule has 3 amide bonds. The number of nitrogens with zero attached hydrogens (tertiary/aromatic N) is 3. The monoisotopic (exact) mass is 424 g/mol. The van der Waals surface area contributed by atoms with Crippen molar-refractivity contribution in [1.29, 1.82) is 0 Å². The molecule has 0 radical (unpaired) electrons. The van der Waals surface area contributed by atoms with E-state index >= 15 is 0 Å². The zero-order valence-electron chi connectivity index (χ0n) is 17.8. The van der Waals surface area contributed by atoms with E-state index in [9.17, 15) is 14.4 Å². The number of unbranched alkanes of at least 4 members (excludes halogenated alkanes) is 1. The van der Waals surface area contributed by atoms with E-state index in [-0.39, 0.29) is 30.1 Å². The first kappa shape index (κ1) is 22.4. The van der Waals surface area contributed by atoms with Crippen LogP contribution in [0.3, 0.4) is 0 Å². The highest BCUT2D eigenvalue weighted by Gasteiger charge is 2.30. The normalized spacial score (nSPS) is 15.6. The number of rotatable bonds is 11. The van der Waals surface area contributed by atoms with Crippen LogP contribution >= 0.6 is 0 Å². The number of aromatic nitrogens is 2. The molecule has 0 saturated carbocycles. The highest BCUT2D eigenvalue weighted by atomic mass is 16.5. The predicted octanol–water partition coefficient (Wildman–Crippen LogP) is 1.93. The van der Waals surface area contributed by atoms with Crippen molar-refractivity contribution in [3.63, 3.8) is 0 Å². The Hall–Kier alpha value is -3.29. The van der Waals surface area contributed by atoms with Crippen LogP contribution in [0.4, 0.5) is 0 Å². The van der Waals surface area contributed by atoms with Crippen molar-refractivity contribution in [1.82, 2.24) is 20.2 Å². The van der Waals surface area contributed by atoms with Gasteiger partial charge >= 0.3 is 0 Å². The minimum atomic E-state index is -0.292. The molecule has 1 aromatic heterocycles. The fourth-order valence-corrected chi connectivity index (χ4v) is 3.44. The second-order valence-corrected chi connectivity index (χ2v) is 7.73. The van der Waals surface area contributed by atoms with Crippen molar-refractivity contribution in [2.45, 2.75) is 38.5 Å². The fraction of sp³-hybridized carbons (Fsp3) is 0.435. The van der Waals surface area contributed by atoms with Gasteiger partial charge in [-0.05, 0) is 43.4 Å². The maximum absolute atomic E-state index is 12.2. The second kappa shape index (κ2) is 11.2. The SMILES string of the molecule is CN(CCOc1ccc(CC2CC(=O)NC2=O)cc1)C(=O)CCCCc1cnccn1. The van der Waals surface area contributed by atoms with E-state index in [2.05, 4.69) is 15.3 Å². The van der Waals surface area contributed by atoms with Crippen molar-refractivity contribution >= 4 is 17.7 Å². The lowest BCUT2D eigenvalue weighted by molar-refractivity contribution is -0.130. The summed E-state index contributed by atoms with van der Waals surface area (Å²) in [7, 11) is 1.78. The van der Waals surface area contributed by atoms with Gasteiger partial charge in [-0.2, -0.15) is 0 Å². The predicted molar refractivity (Wildman–Crippen MR) is 114 cm³/mol. The molecule has 1 aliphatic heterocycles. The Kier molecular flexibility index (Phi) is 8.09. The molecule has 0 aliphatic carbocycles. The van der Waals surface area contributed by atoms with Crippen molar-refractivity contribution in [3.05, 3.63) is 54.1 Å². The summed E-state index contributed by atoms with van der Waals surface area (Å²) in [6, 6.07) is 7.49. The van der Waals surface area contributed by atoms with E-state index in [1.54, 1.807) is 30.5 Å². The third-order valence-corrected chi connectivity index (χ3v) is 5.28. The number of hydrogen-bond acceptors (Lipinski definition) is 6. The minimum Gasteiger partial charge on any atom is -0.492 e. The summed E-state index contributed by atoms with van der Waals surface area (Å²) in [6.45, 7) is 0.913. The van der Waals surface area contributed by atoms with Crippen LogP contribution in [0.15, 0.2) is 42.9 Å². The van der Waals surface area contributed by atoms with Gasteiger partial charge in [0, 0.05) is 38.5 Å². The summed E-state index contributed by atoms with van der Waals surface area (Å²) in [5, 5.41) is 2.33. The van der Waals surface area contributed by atoms with Gasteiger partial charge in [0.15, 0.2) is 0 Å². The minimum absolute atomic E-state index is 0.0995. The Morgan fingerprint density at radius 3 is 2.68 bits per heavy atom. The molecular weight excluding hydrogens is 396 g/mol.